The summed E-state index contributed by atoms with van der Waals surface area (Å²) in [5.41, 5.74) is 2.34. The lowest BCUT2D eigenvalue weighted by Crippen LogP contribution is -2.23. The van der Waals surface area contributed by atoms with E-state index >= 15 is 0 Å². The van der Waals surface area contributed by atoms with Crippen molar-refractivity contribution in [2.24, 2.45) is 0 Å². The molecule has 1 N–H and O–H groups in total. The third-order valence-electron chi connectivity index (χ3n) is 3.05. The van der Waals surface area contributed by atoms with Crippen molar-refractivity contribution in [1.29, 1.82) is 0 Å². The van der Waals surface area contributed by atoms with Crippen molar-refractivity contribution in [2.45, 2.75) is 26.3 Å². The molecule has 102 valence electrons. The molecule has 0 spiro atoms. The first kappa shape index (κ1) is 14.9. The molecule has 0 aliphatic rings. The molecule has 19 heavy (non-hydrogen) atoms. The minimum Gasteiger partial charge on any atom is -0.306 e. The topological polar surface area (TPSA) is 12.0 Å². The first-order valence-corrected chi connectivity index (χ1v) is 8.00. The van der Waals surface area contributed by atoms with Gasteiger partial charge in [-0.25, -0.2) is 0 Å². The van der Waals surface area contributed by atoms with E-state index in [4.69, 9.17) is 23.2 Å². The summed E-state index contributed by atoms with van der Waals surface area (Å²) in [5, 5.41) is 6.93. The normalized spacial score (nSPS) is 12.6. The highest BCUT2D eigenvalue weighted by Crippen LogP contribution is 2.36. The zero-order valence-corrected chi connectivity index (χ0v) is 13.4. The van der Waals surface area contributed by atoms with Gasteiger partial charge in [-0.2, -0.15) is 0 Å². The van der Waals surface area contributed by atoms with Crippen LogP contribution in [0.3, 0.4) is 0 Å². The van der Waals surface area contributed by atoms with Gasteiger partial charge in [0.2, 0.25) is 0 Å². The Morgan fingerprint density at radius 1 is 1.26 bits per heavy atom. The second-order valence-corrected chi connectivity index (χ2v) is 6.23. The molecule has 0 radical (unpaired) electrons. The summed E-state index contributed by atoms with van der Waals surface area (Å²) in [7, 11) is 0. The lowest BCUT2D eigenvalue weighted by atomic mass is 10.0. The van der Waals surface area contributed by atoms with E-state index in [0.717, 1.165) is 18.5 Å². The number of hydrogen-bond donors (Lipinski definition) is 1. The van der Waals surface area contributed by atoms with E-state index in [1.54, 1.807) is 11.3 Å². The zero-order valence-electron chi connectivity index (χ0n) is 11.0. The van der Waals surface area contributed by atoms with Gasteiger partial charge in [0.15, 0.2) is 0 Å². The van der Waals surface area contributed by atoms with Crippen LogP contribution in [0, 0.1) is 6.92 Å². The van der Waals surface area contributed by atoms with Gasteiger partial charge < -0.3 is 5.32 Å². The fourth-order valence-electron chi connectivity index (χ4n) is 2.06. The molecule has 1 heterocycles. The Labute approximate surface area is 128 Å². The largest absolute Gasteiger partial charge is 0.306 e. The van der Waals surface area contributed by atoms with Crippen LogP contribution in [0.15, 0.2) is 29.6 Å². The third-order valence-corrected chi connectivity index (χ3v) is 4.97. The smallest absolute Gasteiger partial charge is 0.0688 e. The summed E-state index contributed by atoms with van der Waals surface area (Å²) < 4.78 is 0. The lowest BCUT2D eigenvalue weighted by molar-refractivity contribution is 0.604. The Morgan fingerprint density at radius 2 is 2.05 bits per heavy atom. The molecule has 1 nitrogen and oxygen atoms in total. The molecule has 0 aliphatic heterocycles. The van der Waals surface area contributed by atoms with E-state index in [-0.39, 0.29) is 6.04 Å². The van der Waals surface area contributed by atoms with Gasteiger partial charge in [0.05, 0.1) is 16.1 Å². The van der Waals surface area contributed by atoms with Crippen LogP contribution in [0.25, 0.3) is 0 Å². The van der Waals surface area contributed by atoms with Crippen LogP contribution in [-0.2, 0) is 0 Å². The van der Waals surface area contributed by atoms with Crippen molar-refractivity contribution in [2.75, 3.05) is 6.54 Å². The molecule has 1 atom stereocenters. The maximum atomic E-state index is 6.37. The monoisotopic (exact) mass is 313 g/mol. The van der Waals surface area contributed by atoms with Crippen LogP contribution in [0.5, 0.6) is 0 Å². The highest BCUT2D eigenvalue weighted by atomic mass is 35.5. The minimum absolute atomic E-state index is 0.117. The Balaban J connectivity index is 2.43. The van der Waals surface area contributed by atoms with Gasteiger partial charge in [0.1, 0.15) is 0 Å². The van der Waals surface area contributed by atoms with E-state index in [1.807, 2.05) is 18.2 Å². The van der Waals surface area contributed by atoms with E-state index in [1.165, 1.54) is 10.4 Å². The molecule has 0 saturated heterocycles. The molecule has 2 rings (SSSR count). The minimum atomic E-state index is 0.117. The molecular formula is C15H17Cl2NS. The molecule has 0 aliphatic carbocycles. The first-order chi connectivity index (χ1) is 9.15. The molecule has 0 fully saturated rings. The summed E-state index contributed by atoms with van der Waals surface area (Å²) in [6.45, 7) is 5.24. The molecule has 1 aromatic heterocycles. The molecule has 4 heteroatoms. The van der Waals surface area contributed by atoms with Crippen LogP contribution in [0.1, 0.15) is 35.4 Å². The van der Waals surface area contributed by atoms with E-state index in [0.29, 0.717) is 10.0 Å². The van der Waals surface area contributed by atoms with Gasteiger partial charge in [-0.1, -0.05) is 42.3 Å². The lowest BCUT2D eigenvalue weighted by Gasteiger charge is -2.20. The van der Waals surface area contributed by atoms with Gasteiger partial charge in [-0.15, -0.1) is 11.3 Å². The zero-order chi connectivity index (χ0) is 13.8. The number of halogens is 2. The summed E-state index contributed by atoms with van der Waals surface area (Å²) >= 11 is 14.3. The van der Waals surface area contributed by atoms with Crippen molar-refractivity contribution in [1.82, 2.24) is 5.32 Å². The van der Waals surface area contributed by atoms with Crippen molar-refractivity contribution < 1.29 is 0 Å². The highest BCUT2D eigenvalue weighted by Gasteiger charge is 2.20. The molecule has 0 saturated carbocycles. The second kappa shape index (κ2) is 6.76. The fourth-order valence-corrected chi connectivity index (χ4v) is 3.49. The number of hydrogen-bond acceptors (Lipinski definition) is 2. The van der Waals surface area contributed by atoms with Gasteiger partial charge in [-0.3, -0.25) is 0 Å². The number of thiophene rings is 1. The average molecular weight is 314 g/mol. The molecule has 1 aromatic carbocycles. The average Bonchev–Trinajstić information content (AvgIpc) is 2.81. The summed E-state index contributed by atoms with van der Waals surface area (Å²) in [4.78, 5) is 1.30. The van der Waals surface area contributed by atoms with Crippen LogP contribution in [-0.4, -0.2) is 6.54 Å². The van der Waals surface area contributed by atoms with Crippen molar-refractivity contribution in [3.63, 3.8) is 0 Å². The van der Waals surface area contributed by atoms with Crippen LogP contribution in [0.4, 0.5) is 0 Å². The Bertz CT molecular complexity index is 551. The van der Waals surface area contributed by atoms with E-state index < -0.39 is 0 Å². The SMILES string of the molecule is CCCNC(c1cccc(Cl)c1Cl)c1sccc1C. The van der Waals surface area contributed by atoms with Crippen molar-refractivity contribution in [3.05, 3.63) is 55.7 Å². The first-order valence-electron chi connectivity index (χ1n) is 6.36. The predicted molar refractivity (Wildman–Crippen MR) is 85.7 cm³/mol. The molecule has 0 amide bonds. The standard InChI is InChI=1S/C15H17Cl2NS/c1-3-8-18-14(15-10(2)7-9-19-15)11-5-4-6-12(16)13(11)17/h4-7,9,14,18H,3,8H2,1-2H3. The fraction of sp³-hybridized carbons (Fsp3) is 0.333. The third kappa shape index (κ3) is 3.32. The summed E-state index contributed by atoms with van der Waals surface area (Å²) in [6, 6.07) is 8.07. The quantitative estimate of drug-likeness (QED) is 0.773. The molecule has 0 bridgehead atoms. The Kier molecular flexibility index (Phi) is 5.28. The Morgan fingerprint density at radius 3 is 2.68 bits per heavy atom. The van der Waals surface area contributed by atoms with Crippen molar-refractivity contribution >= 4 is 34.5 Å². The molecule has 1 unspecified atom stereocenters. The Hall–Kier alpha value is -0.540. The highest BCUT2D eigenvalue weighted by molar-refractivity contribution is 7.10. The van der Waals surface area contributed by atoms with Gasteiger partial charge in [0, 0.05) is 4.88 Å². The van der Waals surface area contributed by atoms with Gasteiger partial charge >= 0.3 is 0 Å². The predicted octanol–water partition coefficient (Wildman–Crippen LogP) is 5.45. The van der Waals surface area contributed by atoms with Gasteiger partial charge in [-0.05, 0) is 48.5 Å². The van der Waals surface area contributed by atoms with Crippen LogP contribution >= 0.6 is 34.5 Å². The van der Waals surface area contributed by atoms with Crippen molar-refractivity contribution in [3.8, 4) is 0 Å². The van der Waals surface area contributed by atoms with Crippen LogP contribution in [0.2, 0.25) is 10.0 Å². The van der Waals surface area contributed by atoms with E-state index in [2.05, 4.69) is 30.6 Å². The number of rotatable bonds is 5. The molecular weight excluding hydrogens is 297 g/mol. The molecule has 2 aromatic rings. The number of aryl methyl sites for hydroxylation is 1. The van der Waals surface area contributed by atoms with Gasteiger partial charge in [0.25, 0.3) is 0 Å². The number of nitrogens with one attached hydrogen (secondary N) is 1. The number of benzene rings is 1. The summed E-state index contributed by atoms with van der Waals surface area (Å²) in [6.07, 6.45) is 1.08. The van der Waals surface area contributed by atoms with E-state index in [9.17, 15) is 0 Å². The summed E-state index contributed by atoms with van der Waals surface area (Å²) in [5.74, 6) is 0. The second-order valence-electron chi connectivity index (χ2n) is 4.50. The maximum Gasteiger partial charge on any atom is 0.0688 e. The van der Waals surface area contributed by atoms with Crippen LogP contribution < -0.4 is 5.32 Å². The maximum absolute atomic E-state index is 6.37.